The van der Waals surface area contributed by atoms with Crippen LogP contribution in [-0.4, -0.2) is 88.3 Å². The van der Waals surface area contributed by atoms with Crippen LogP contribution in [0.5, 0.6) is 0 Å². The van der Waals surface area contributed by atoms with E-state index in [0.29, 0.717) is 59.2 Å². The van der Waals surface area contributed by atoms with E-state index in [4.69, 9.17) is 4.74 Å². The van der Waals surface area contributed by atoms with Crippen LogP contribution >= 0.6 is 0 Å². The van der Waals surface area contributed by atoms with Gasteiger partial charge in [-0.3, -0.25) is 28.7 Å². The Bertz CT molecular complexity index is 3350. The number of rotatable bonds is 8. The molecule has 8 heterocycles. The van der Waals surface area contributed by atoms with E-state index in [1.807, 2.05) is 81.7 Å². The molecule has 6 aromatic heterocycles. The molecule has 0 aliphatic carbocycles. The molecule has 2 atom stereocenters. The molecule has 19 heteroatoms. The SMILES string of the molecule is Cc1ccnc(C(C)C)c1-n1c(=O)nc(N2CCCC[C@@H]2C)c2c[nH]c(=O)c(F)c21.Cc1ccnc(C(C)C)c1-n1c(=O)nc(N2CCN(C(=O)OCc3ccccc3)C[C@@H]2C)c2c[nH]c(=O)c(F)c21. The Morgan fingerprint density at radius 3 is 1.67 bits per heavy atom. The molecule has 9 rings (SSSR count). The van der Waals surface area contributed by atoms with Crippen molar-refractivity contribution in [3.63, 3.8) is 0 Å². The lowest BCUT2D eigenvalue weighted by atomic mass is 10.0. The summed E-state index contributed by atoms with van der Waals surface area (Å²) in [5.74, 6) is -1.49. The summed E-state index contributed by atoms with van der Waals surface area (Å²) in [4.78, 5) is 92.3. The zero-order valence-electron chi connectivity index (χ0n) is 40.5. The summed E-state index contributed by atoms with van der Waals surface area (Å²) in [6.07, 6.45) is 8.75. The number of aryl methyl sites for hydroxylation is 2. The number of pyridine rings is 4. The van der Waals surface area contributed by atoms with E-state index in [2.05, 4.69) is 36.8 Å². The van der Waals surface area contributed by atoms with Gasteiger partial charge in [-0.2, -0.15) is 18.7 Å². The van der Waals surface area contributed by atoms with Gasteiger partial charge in [0.2, 0.25) is 11.6 Å². The number of piperazine rings is 1. The molecule has 70 heavy (non-hydrogen) atoms. The molecule has 2 fully saturated rings. The number of nitrogens with zero attached hydrogens (tertiary/aromatic N) is 9. The van der Waals surface area contributed by atoms with E-state index in [1.165, 1.54) is 17.0 Å². The highest BCUT2D eigenvalue weighted by Gasteiger charge is 2.33. The van der Waals surface area contributed by atoms with Crippen LogP contribution in [0, 0.1) is 25.5 Å². The molecule has 0 bridgehead atoms. The zero-order chi connectivity index (χ0) is 50.1. The van der Waals surface area contributed by atoms with Gasteiger partial charge >= 0.3 is 17.5 Å². The van der Waals surface area contributed by atoms with Crippen molar-refractivity contribution in [3.05, 3.63) is 149 Å². The molecule has 1 aromatic carbocycles. The number of fused-ring (bicyclic) bond motifs is 2. The largest absolute Gasteiger partial charge is 0.445 e. The Labute approximate surface area is 401 Å². The number of piperidine rings is 1. The number of aromatic nitrogens is 8. The first-order valence-electron chi connectivity index (χ1n) is 23.6. The van der Waals surface area contributed by atoms with Crippen LogP contribution in [0.1, 0.15) is 101 Å². The van der Waals surface area contributed by atoms with Crippen LogP contribution in [0.2, 0.25) is 0 Å². The van der Waals surface area contributed by atoms with Gasteiger partial charge in [0.1, 0.15) is 29.3 Å². The van der Waals surface area contributed by atoms with Gasteiger partial charge in [-0.25, -0.2) is 14.4 Å². The van der Waals surface area contributed by atoms with Gasteiger partial charge in [0.05, 0.1) is 33.5 Å². The monoisotopic (exact) mass is 957 g/mol. The summed E-state index contributed by atoms with van der Waals surface area (Å²) < 4.78 is 38.7. The fraction of sp³-hybridized carbons (Fsp3) is 0.392. The molecule has 0 unspecified atom stereocenters. The number of carbonyl (C=O) groups excluding carboxylic acids is 1. The molecule has 2 N–H and O–H groups in total. The molecular formula is C51H57F2N11O6. The van der Waals surface area contributed by atoms with Gasteiger partial charge in [-0.1, -0.05) is 58.0 Å². The number of amides is 1. The summed E-state index contributed by atoms with van der Waals surface area (Å²) in [7, 11) is 0. The van der Waals surface area contributed by atoms with Crippen molar-refractivity contribution in [2.24, 2.45) is 0 Å². The molecule has 0 saturated carbocycles. The lowest BCUT2D eigenvalue weighted by Gasteiger charge is -2.40. The topological polar surface area (TPSA) is 197 Å². The van der Waals surface area contributed by atoms with Crippen LogP contribution in [0.4, 0.5) is 25.2 Å². The van der Waals surface area contributed by atoms with Crippen molar-refractivity contribution in [3.8, 4) is 11.4 Å². The maximum atomic E-state index is 15.6. The average molecular weight is 958 g/mol. The highest BCUT2D eigenvalue weighted by Crippen LogP contribution is 2.34. The minimum absolute atomic E-state index is 0.00583. The second-order valence-electron chi connectivity index (χ2n) is 18.6. The van der Waals surface area contributed by atoms with E-state index in [0.717, 1.165) is 41.5 Å². The standard InChI is InChI=1S/C29H31FN6O4.C22H26FN5O2/c1-17(2)23-24(18(3)10-11-31-23)36-25-21(14-32-27(37)22(25)30)26(33-28(36)38)35-13-12-34(15-19(35)4)29(39)40-16-20-8-6-5-7-9-20;1-12(2)17-18(13(3)8-9-24-17)28-19-15(11-25-21(29)16(19)23)20(26-22(28)30)27-10-6-5-7-14(27)4/h5-11,14,17,19H,12-13,15-16H2,1-4H3,(H,32,37);8-9,11-12,14H,5-7,10H2,1-4H3,(H,25,29)/t19-;14-/m00/s1. The van der Waals surface area contributed by atoms with Crippen molar-refractivity contribution < 1.29 is 18.3 Å². The molecule has 366 valence electrons. The Balaban J connectivity index is 0.000000196. The first kappa shape index (κ1) is 48.9. The van der Waals surface area contributed by atoms with E-state index >= 15 is 8.78 Å². The molecule has 2 aliphatic heterocycles. The Hall–Kier alpha value is -7.57. The number of ether oxygens (including phenoxy) is 1. The van der Waals surface area contributed by atoms with Crippen molar-refractivity contribution in [2.45, 2.75) is 105 Å². The smallest absolute Gasteiger partial charge is 0.410 e. The number of aromatic amines is 2. The van der Waals surface area contributed by atoms with E-state index in [9.17, 15) is 24.0 Å². The van der Waals surface area contributed by atoms with Gasteiger partial charge in [0.25, 0.3) is 11.1 Å². The molecule has 0 spiro atoms. The number of halogens is 2. The van der Waals surface area contributed by atoms with Gasteiger partial charge in [0, 0.05) is 63.1 Å². The van der Waals surface area contributed by atoms with Gasteiger partial charge < -0.3 is 29.4 Å². The third kappa shape index (κ3) is 9.31. The summed E-state index contributed by atoms with van der Waals surface area (Å²) in [6, 6.07) is 12.8. The Morgan fingerprint density at radius 2 is 1.20 bits per heavy atom. The van der Waals surface area contributed by atoms with Crippen molar-refractivity contribution >= 4 is 39.5 Å². The number of H-pyrrole nitrogens is 2. The fourth-order valence-corrected chi connectivity index (χ4v) is 9.45. The lowest BCUT2D eigenvalue weighted by Crippen LogP contribution is -2.54. The molecule has 2 saturated heterocycles. The predicted octanol–water partition coefficient (Wildman–Crippen LogP) is 7.31. The minimum Gasteiger partial charge on any atom is -0.445 e. The maximum absolute atomic E-state index is 15.6. The van der Waals surface area contributed by atoms with Gasteiger partial charge in [-0.15, -0.1) is 0 Å². The number of nitrogens with one attached hydrogen (secondary N) is 2. The number of carbonyl (C=O) groups is 1. The maximum Gasteiger partial charge on any atom is 0.410 e. The third-order valence-electron chi connectivity index (χ3n) is 13.0. The number of anilines is 2. The van der Waals surface area contributed by atoms with Crippen LogP contribution in [-0.2, 0) is 11.3 Å². The van der Waals surface area contributed by atoms with E-state index < -0.39 is 40.2 Å². The third-order valence-corrected chi connectivity index (χ3v) is 13.0. The molecule has 2 aliphatic rings. The normalized spacial score (nSPS) is 16.3. The van der Waals surface area contributed by atoms with Crippen LogP contribution in [0.3, 0.4) is 0 Å². The van der Waals surface area contributed by atoms with Crippen molar-refractivity contribution in [2.75, 3.05) is 36.0 Å². The highest BCUT2D eigenvalue weighted by atomic mass is 19.1. The van der Waals surface area contributed by atoms with Crippen LogP contribution < -0.4 is 32.3 Å². The lowest BCUT2D eigenvalue weighted by molar-refractivity contribution is 0.0898. The highest BCUT2D eigenvalue weighted by molar-refractivity contribution is 5.92. The van der Waals surface area contributed by atoms with Gasteiger partial charge in [-0.05, 0) is 87.6 Å². The fourth-order valence-electron chi connectivity index (χ4n) is 9.45. The predicted molar refractivity (Wildman–Crippen MR) is 265 cm³/mol. The van der Waals surface area contributed by atoms with E-state index in [1.54, 1.807) is 36.4 Å². The summed E-state index contributed by atoms with van der Waals surface area (Å²) >= 11 is 0. The quantitative estimate of drug-likeness (QED) is 0.154. The number of benzene rings is 1. The molecule has 7 aromatic rings. The van der Waals surface area contributed by atoms with Gasteiger partial charge in [0.15, 0.2) is 0 Å². The summed E-state index contributed by atoms with van der Waals surface area (Å²) in [5.41, 5.74) is 1.14. The first-order chi connectivity index (χ1) is 33.5. The van der Waals surface area contributed by atoms with Crippen molar-refractivity contribution in [1.82, 2.24) is 43.9 Å². The molecule has 0 radical (unpaired) electrons. The second kappa shape index (κ2) is 20.2. The first-order valence-corrected chi connectivity index (χ1v) is 23.6. The van der Waals surface area contributed by atoms with E-state index in [-0.39, 0.29) is 52.8 Å². The molecular weight excluding hydrogens is 901 g/mol. The number of hydrogen-bond acceptors (Lipinski definition) is 12. The van der Waals surface area contributed by atoms with Crippen LogP contribution in [0.25, 0.3) is 33.2 Å². The zero-order valence-corrected chi connectivity index (χ0v) is 40.5. The Kier molecular flexibility index (Phi) is 14.1. The average Bonchev–Trinajstić information content (AvgIpc) is 3.33. The minimum atomic E-state index is -1.08. The summed E-state index contributed by atoms with van der Waals surface area (Å²) in [5, 5.41) is 0.694. The second-order valence-corrected chi connectivity index (χ2v) is 18.6. The molecule has 17 nitrogen and oxygen atoms in total. The van der Waals surface area contributed by atoms with Crippen molar-refractivity contribution in [1.29, 1.82) is 0 Å². The molecule has 1 amide bonds. The Morgan fingerprint density at radius 1 is 0.700 bits per heavy atom. The van der Waals surface area contributed by atoms with Crippen LogP contribution in [0.15, 0.2) is 86.4 Å². The number of hydrogen-bond donors (Lipinski definition) is 2. The summed E-state index contributed by atoms with van der Waals surface area (Å²) in [6.45, 7) is 17.2.